The first-order valence-electron chi connectivity index (χ1n) is 4.14. The molecule has 0 aliphatic carbocycles. The molecule has 0 amide bonds. The molecule has 0 unspecified atom stereocenters. The molecule has 1 aromatic carbocycles. The smallest absolute Gasteiger partial charge is 0.335 e. The van der Waals surface area contributed by atoms with Gasteiger partial charge in [-0.2, -0.15) is 0 Å². The van der Waals surface area contributed by atoms with Crippen molar-refractivity contribution in [3.05, 3.63) is 27.7 Å². The van der Waals surface area contributed by atoms with Crippen LogP contribution in [0.5, 0.6) is 5.75 Å². The number of hydrogen-bond donors (Lipinski definition) is 3. The minimum atomic E-state index is -2.89. The second kappa shape index (κ2) is 6.13. The number of aromatic hydroxyl groups is 1. The van der Waals surface area contributed by atoms with Gasteiger partial charge in [0, 0.05) is 5.56 Å². The molecule has 17 heavy (non-hydrogen) atoms. The highest BCUT2D eigenvalue weighted by Gasteiger charge is 2.23. The van der Waals surface area contributed by atoms with Crippen LogP contribution in [0.25, 0.3) is 0 Å². The third-order valence-corrected chi connectivity index (χ3v) is 2.57. The number of alkyl halides is 2. The summed E-state index contributed by atoms with van der Waals surface area (Å²) in [6.45, 7) is 0. The van der Waals surface area contributed by atoms with E-state index in [2.05, 4.69) is 15.9 Å². The van der Waals surface area contributed by atoms with Crippen LogP contribution in [-0.2, 0) is 0 Å². The number of benzene rings is 1. The summed E-state index contributed by atoms with van der Waals surface area (Å²) in [4.78, 5) is 10.7. The van der Waals surface area contributed by atoms with Gasteiger partial charge in [-0.15, -0.1) is 12.4 Å². The second-order valence-electron chi connectivity index (χ2n) is 3.06. The maximum absolute atomic E-state index is 12.4. The van der Waals surface area contributed by atoms with Gasteiger partial charge in [-0.25, -0.2) is 13.6 Å². The summed E-state index contributed by atoms with van der Waals surface area (Å²) in [6.07, 6.45) is -2.89. The lowest BCUT2D eigenvalue weighted by Crippen LogP contribution is -2.19. The number of nitrogens with two attached hydrogens (primary N) is 1. The molecule has 0 saturated carbocycles. The zero-order valence-electron chi connectivity index (χ0n) is 8.23. The van der Waals surface area contributed by atoms with Crippen molar-refractivity contribution < 1.29 is 23.8 Å². The Kier molecular flexibility index (Phi) is 5.80. The fourth-order valence-corrected chi connectivity index (χ4v) is 1.61. The summed E-state index contributed by atoms with van der Waals surface area (Å²) in [7, 11) is 0. The zero-order valence-corrected chi connectivity index (χ0v) is 10.6. The highest BCUT2D eigenvalue weighted by molar-refractivity contribution is 9.10. The van der Waals surface area contributed by atoms with Crippen LogP contribution >= 0.6 is 28.3 Å². The molecule has 1 atom stereocenters. The summed E-state index contributed by atoms with van der Waals surface area (Å²) >= 11 is 2.87. The van der Waals surface area contributed by atoms with Crippen LogP contribution in [0.15, 0.2) is 16.6 Å². The number of aromatic carboxylic acids is 1. The van der Waals surface area contributed by atoms with Crippen LogP contribution in [0.3, 0.4) is 0 Å². The predicted molar refractivity (Wildman–Crippen MR) is 62.9 cm³/mol. The summed E-state index contributed by atoms with van der Waals surface area (Å²) in [6, 6.07) is 0.314. The average molecular weight is 333 g/mol. The van der Waals surface area contributed by atoms with Gasteiger partial charge in [0.15, 0.2) is 0 Å². The number of halogens is 4. The van der Waals surface area contributed by atoms with Crippen LogP contribution < -0.4 is 5.73 Å². The number of carboxylic acids is 1. The normalized spacial score (nSPS) is 12.1. The molecule has 0 radical (unpaired) electrons. The predicted octanol–water partition coefficient (Wildman–Crippen LogP) is 2.54. The minimum absolute atomic E-state index is 0. The molecular weight excluding hydrogens is 323 g/mol. The van der Waals surface area contributed by atoms with Crippen molar-refractivity contribution in [2.24, 2.45) is 5.73 Å². The molecule has 0 heterocycles. The molecule has 96 valence electrons. The van der Waals surface area contributed by atoms with Gasteiger partial charge in [0.2, 0.25) is 0 Å². The number of carbonyl (C=O) groups is 1. The summed E-state index contributed by atoms with van der Waals surface area (Å²) in [5.41, 5.74) is 4.62. The molecule has 0 spiro atoms. The van der Waals surface area contributed by atoms with Gasteiger partial charge in [0.1, 0.15) is 5.75 Å². The van der Waals surface area contributed by atoms with Crippen LogP contribution in [0.2, 0.25) is 0 Å². The molecule has 4 nitrogen and oxygen atoms in total. The van der Waals surface area contributed by atoms with Crippen molar-refractivity contribution in [1.29, 1.82) is 0 Å². The fraction of sp³-hybridized carbons (Fsp3) is 0.222. The van der Waals surface area contributed by atoms with Crippen LogP contribution in [-0.4, -0.2) is 22.6 Å². The van der Waals surface area contributed by atoms with Crippen molar-refractivity contribution in [3.63, 3.8) is 0 Å². The first-order valence-corrected chi connectivity index (χ1v) is 4.93. The maximum atomic E-state index is 12.4. The van der Waals surface area contributed by atoms with E-state index >= 15 is 0 Å². The lowest BCUT2D eigenvalue weighted by Gasteiger charge is -2.14. The quantitative estimate of drug-likeness (QED) is 0.794. The van der Waals surface area contributed by atoms with E-state index in [4.69, 9.17) is 10.8 Å². The Morgan fingerprint density at radius 3 is 2.35 bits per heavy atom. The van der Waals surface area contributed by atoms with Gasteiger partial charge in [-0.1, -0.05) is 0 Å². The van der Waals surface area contributed by atoms with Crippen molar-refractivity contribution in [3.8, 4) is 5.75 Å². The molecule has 0 saturated heterocycles. The Morgan fingerprint density at radius 2 is 1.94 bits per heavy atom. The largest absolute Gasteiger partial charge is 0.506 e. The van der Waals surface area contributed by atoms with Crippen LogP contribution in [0.4, 0.5) is 8.78 Å². The van der Waals surface area contributed by atoms with E-state index in [1.54, 1.807) is 0 Å². The van der Waals surface area contributed by atoms with Crippen molar-refractivity contribution >= 4 is 34.3 Å². The molecular formula is C9H9BrClF2NO3. The molecule has 1 rings (SSSR count). The van der Waals surface area contributed by atoms with Crippen LogP contribution in [0, 0.1) is 0 Å². The summed E-state index contributed by atoms with van der Waals surface area (Å²) < 4.78 is 24.7. The third kappa shape index (κ3) is 3.52. The Labute approximate surface area is 110 Å². The van der Waals surface area contributed by atoms with Crippen molar-refractivity contribution in [2.45, 2.75) is 12.5 Å². The maximum Gasteiger partial charge on any atom is 0.335 e. The average Bonchev–Trinajstić information content (AvgIpc) is 2.20. The molecule has 1 aromatic rings. The lowest BCUT2D eigenvalue weighted by molar-refractivity contribution is 0.0695. The fourth-order valence-electron chi connectivity index (χ4n) is 1.13. The van der Waals surface area contributed by atoms with E-state index in [0.717, 1.165) is 12.1 Å². The van der Waals surface area contributed by atoms with Gasteiger partial charge in [-0.05, 0) is 28.1 Å². The molecule has 0 aliphatic heterocycles. The number of phenols is 1. The van der Waals surface area contributed by atoms with Gasteiger partial charge < -0.3 is 15.9 Å². The van der Waals surface area contributed by atoms with Gasteiger partial charge in [0.05, 0.1) is 16.1 Å². The van der Waals surface area contributed by atoms with Crippen LogP contribution in [0.1, 0.15) is 22.0 Å². The molecule has 4 N–H and O–H groups in total. The highest BCUT2D eigenvalue weighted by Crippen LogP contribution is 2.34. The lowest BCUT2D eigenvalue weighted by atomic mass is 10.0. The van der Waals surface area contributed by atoms with E-state index in [1.807, 2.05) is 0 Å². The van der Waals surface area contributed by atoms with E-state index < -0.39 is 24.2 Å². The van der Waals surface area contributed by atoms with E-state index in [-0.39, 0.29) is 28.0 Å². The minimum Gasteiger partial charge on any atom is -0.506 e. The van der Waals surface area contributed by atoms with Gasteiger partial charge in [0.25, 0.3) is 6.43 Å². The standard InChI is InChI=1S/C9H8BrF2NO3.ClH/c10-5-2-3(9(15)16)1-4(7(5)14)6(13)8(11)12;/h1-2,6,8,14H,13H2,(H,15,16);1H/t6-;/m1./s1. The Hall–Kier alpha value is -0.920. The van der Waals surface area contributed by atoms with E-state index in [9.17, 15) is 18.7 Å². The van der Waals surface area contributed by atoms with Gasteiger partial charge >= 0.3 is 5.97 Å². The summed E-state index contributed by atoms with van der Waals surface area (Å²) in [5.74, 6) is -1.76. The molecule has 0 fully saturated rings. The highest BCUT2D eigenvalue weighted by atomic mass is 79.9. The molecule has 0 aromatic heterocycles. The molecule has 0 bridgehead atoms. The topological polar surface area (TPSA) is 83.6 Å². The van der Waals surface area contributed by atoms with Crippen molar-refractivity contribution in [1.82, 2.24) is 0 Å². The third-order valence-electron chi connectivity index (χ3n) is 1.97. The van der Waals surface area contributed by atoms with Gasteiger partial charge in [-0.3, -0.25) is 0 Å². The summed E-state index contributed by atoms with van der Waals surface area (Å²) in [5, 5.41) is 18.2. The number of carboxylic acid groups (broad SMARTS) is 1. The monoisotopic (exact) mass is 331 g/mol. The number of hydrogen-bond acceptors (Lipinski definition) is 3. The zero-order chi connectivity index (χ0) is 12.5. The van der Waals surface area contributed by atoms with E-state index in [0.29, 0.717) is 0 Å². The Morgan fingerprint density at radius 1 is 1.41 bits per heavy atom. The first-order chi connectivity index (χ1) is 7.34. The first kappa shape index (κ1) is 16.1. The number of phenolic OH excluding ortho intramolecular Hbond substituents is 1. The molecule has 0 aliphatic rings. The second-order valence-corrected chi connectivity index (χ2v) is 3.92. The van der Waals surface area contributed by atoms with E-state index in [1.165, 1.54) is 0 Å². The SMILES string of the molecule is Cl.N[C@H](c1cc(C(=O)O)cc(Br)c1O)C(F)F. The number of rotatable bonds is 3. The van der Waals surface area contributed by atoms with Crippen molar-refractivity contribution in [2.75, 3.05) is 0 Å². The Bertz CT molecular complexity index is 431. The Balaban J connectivity index is 0.00000256. The molecule has 8 heteroatoms.